The van der Waals surface area contributed by atoms with Crippen LogP contribution in [0.5, 0.6) is 11.5 Å². The lowest BCUT2D eigenvalue weighted by atomic mass is 9.85. The summed E-state index contributed by atoms with van der Waals surface area (Å²) in [7, 11) is 0. The molecular weight excluding hydrogens is 340 g/mol. The fourth-order valence-corrected chi connectivity index (χ4v) is 4.40. The molecule has 1 amide bonds. The van der Waals surface area contributed by atoms with Gasteiger partial charge in [-0.3, -0.25) is 9.69 Å². The molecule has 1 aliphatic heterocycles. The Bertz CT molecular complexity index is 651. The molecule has 5 nitrogen and oxygen atoms in total. The first kappa shape index (κ1) is 20.0. The number of piperazine rings is 1. The summed E-state index contributed by atoms with van der Waals surface area (Å²) in [6.45, 7) is 8.40. The van der Waals surface area contributed by atoms with E-state index >= 15 is 0 Å². The van der Waals surface area contributed by atoms with Gasteiger partial charge in [0, 0.05) is 38.2 Å². The molecule has 5 heteroatoms. The molecule has 0 bridgehead atoms. The zero-order chi connectivity index (χ0) is 19.2. The number of benzene rings is 1. The number of unbranched alkanes of at least 4 members (excludes halogenated alkanes) is 1. The lowest BCUT2D eigenvalue weighted by Gasteiger charge is -2.34. The highest BCUT2D eigenvalue weighted by Gasteiger charge is 2.21. The number of fused-ring (bicyclic) bond motifs is 1. The minimum atomic E-state index is 0.0359. The number of phenols is 2. The van der Waals surface area contributed by atoms with Crippen molar-refractivity contribution in [3.8, 4) is 11.5 Å². The molecule has 3 rings (SSSR count). The Labute approximate surface area is 163 Å². The van der Waals surface area contributed by atoms with E-state index in [0.29, 0.717) is 12.8 Å². The third kappa shape index (κ3) is 4.95. The summed E-state index contributed by atoms with van der Waals surface area (Å²) >= 11 is 0. The molecule has 1 radical (unpaired) electrons. The maximum absolute atomic E-state index is 11.9. The molecule has 1 heterocycles. The topological polar surface area (TPSA) is 64.0 Å². The number of hydrogen-bond acceptors (Lipinski definition) is 4. The fourth-order valence-electron chi connectivity index (χ4n) is 4.40. The van der Waals surface area contributed by atoms with Crippen molar-refractivity contribution in [3.63, 3.8) is 0 Å². The van der Waals surface area contributed by atoms with E-state index in [2.05, 4.69) is 11.8 Å². The molecule has 0 aromatic heterocycles. The Balaban J connectivity index is 1.44. The molecule has 0 atom stereocenters. The minimum Gasteiger partial charge on any atom is -0.504 e. The molecule has 0 unspecified atom stereocenters. The summed E-state index contributed by atoms with van der Waals surface area (Å²) in [4.78, 5) is 16.3. The maximum Gasteiger partial charge on any atom is 0.222 e. The zero-order valence-electron chi connectivity index (χ0n) is 16.4. The summed E-state index contributed by atoms with van der Waals surface area (Å²) in [5.74, 6) is 0.370. The van der Waals surface area contributed by atoms with E-state index in [9.17, 15) is 15.0 Å². The van der Waals surface area contributed by atoms with Gasteiger partial charge in [0.2, 0.25) is 5.91 Å². The molecule has 2 N–H and O–H groups in total. The predicted octanol–water partition coefficient (Wildman–Crippen LogP) is 3.06. The average Bonchev–Trinajstić information content (AvgIpc) is 2.69. The van der Waals surface area contributed by atoms with Gasteiger partial charge >= 0.3 is 0 Å². The Kier molecular flexibility index (Phi) is 7.00. The lowest BCUT2D eigenvalue weighted by Crippen LogP contribution is -2.48. The summed E-state index contributed by atoms with van der Waals surface area (Å²) in [5.41, 5.74) is 3.46. The van der Waals surface area contributed by atoms with Gasteiger partial charge < -0.3 is 15.1 Å². The van der Waals surface area contributed by atoms with Gasteiger partial charge in [0.25, 0.3) is 0 Å². The van der Waals surface area contributed by atoms with Crippen molar-refractivity contribution in [1.82, 2.24) is 9.80 Å². The van der Waals surface area contributed by atoms with Crippen LogP contribution in [-0.4, -0.2) is 58.6 Å². The quantitative estimate of drug-likeness (QED) is 0.570. The first-order valence-corrected chi connectivity index (χ1v) is 10.4. The Morgan fingerprint density at radius 1 is 1.04 bits per heavy atom. The second kappa shape index (κ2) is 9.45. The van der Waals surface area contributed by atoms with Crippen LogP contribution in [0.15, 0.2) is 6.07 Å². The van der Waals surface area contributed by atoms with Crippen LogP contribution in [0.2, 0.25) is 0 Å². The van der Waals surface area contributed by atoms with Gasteiger partial charge in [-0.15, -0.1) is 0 Å². The largest absolute Gasteiger partial charge is 0.504 e. The highest BCUT2D eigenvalue weighted by atomic mass is 16.3. The molecule has 27 heavy (non-hydrogen) atoms. The number of aromatic hydroxyl groups is 2. The number of nitrogens with zero attached hydrogens (tertiary/aromatic N) is 2. The van der Waals surface area contributed by atoms with Gasteiger partial charge in [-0.1, -0.05) is 6.92 Å². The Morgan fingerprint density at radius 3 is 2.44 bits per heavy atom. The van der Waals surface area contributed by atoms with Crippen LogP contribution >= 0.6 is 0 Å². The second-order valence-corrected chi connectivity index (χ2v) is 7.85. The van der Waals surface area contributed by atoms with Crippen LogP contribution in [-0.2, 0) is 24.1 Å². The maximum atomic E-state index is 11.9. The van der Waals surface area contributed by atoms with Gasteiger partial charge in [-0.2, -0.15) is 0 Å². The third-order valence-electron chi connectivity index (χ3n) is 5.98. The monoisotopic (exact) mass is 373 g/mol. The SMILES string of the molecule is [CH2]CCC(=O)N1CCN(CCCCc2cc(O)c(O)c3c2CCCC3)CC1. The van der Waals surface area contributed by atoms with Crippen molar-refractivity contribution in [2.45, 2.75) is 57.8 Å². The van der Waals surface area contributed by atoms with Crippen molar-refractivity contribution < 1.29 is 15.0 Å². The van der Waals surface area contributed by atoms with Crippen molar-refractivity contribution in [2.75, 3.05) is 32.7 Å². The molecule has 149 valence electrons. The van der Waals surface area contributed by atoms with E-state index in [1.54, 1.807) is 6.07 Å². The molecule has 0 saturated carbocycles. The molecule has 1 saturated heterocycles. The summed E-state index contributed by atoms with van der Waals surface area (Å²) in [5, 5.41) is 20.1. The smallest absolute Gasteiger partial charge is 0.222 e. The summed E-state index contributed by atoms with van der Waals surface area (Å²) in [6, 6.07) is 1.77. The molecule has 1 aromatic carbocycles. The fraction of sp³-hybridized carbons (Fsp3) is 0.636. The van der Waals surface area contributed by atoms with Crippen LogP contribution in [0, 0.1) is 6.92 Å². The van der Waals surface area contributed by atoms with Gasteiger partial charge in [-0.25, -0.2) is 0 Å². The van der Waals surface area contributed by atoms with Crippen LogP contribution in [0.3, 0.4) is 0 Å². The molecule has 1 aromatic rings. The highest BCUT2D eigenvalue weighted by Crippen LogP contribution is 2.38. The first-order chi connectivity index (χ1) is 13.1. The normalized spacial score (nSPS) is 17.7. The van der Waals surface area contributed by atoms with Crippen LogP contribution in [0.1, 0.15) is 55.2 Å². The third-order valence-corrected chi connectivity index (χ3v) is 5.98. The van der Waals surface area contributed by atoms with Crippen molar-refractivity contribution >= 4 is 5.91 Å². The second-order valence-electron chi connectivity index (χ2n) is 7.85. The number of carbonyl (C=O) groups excluding carboxylic acids is 1. The molecule has 2 aliphatic rings. The van der Waals surface area contributed by atoms with Crippen molar-refractivity contribution in [3.05, 3.63) is 29.7 Å². The van der Waals surface area contributed by atoms with Crippen LogP contribution in [0.25, 0.3) is 0 Å². The Hall–Kier alpha value is -1.75. The van der Waals surface area contributed by atoms with E-state index in [0.717, 1.165) is 76.8 Å². The van der Waals surface area contributed by atoms with E-state index in [4.69, 9.17) is 0 Å². The molecular formula is C22H33N2O3. The van der Waals surface area contributed by atoms with Crippen LogP contribution < -0.4 is 0 Å². The number of carbonyl (C=O) groups is 1. The molecule has 1 aliphatic carbocycles. The van der Waals surface area contributed by atoms with Gasteiger partial charge in [0.05, 0.1) is 0 Å². The van der Waals surface area contributed by atoms with Gasteiger partial charge in [0.15, 0.2) is 11.5 Å². The van der Waals surface area contributed by atoms with E-state index < -0.39 is 0 Å². The predicted molar refractivity (Wildman–Crippen MR) is 107 cm³/mol. The lowest BCUT2D eigenvalue weighted by molar-refractivity contribution is -0.132. The first-order valence-electron chi connectivity index (χ1n) is 10.4. The number of rotatable bonds is 7. The van der Waals surface area contributed by atoms with Gasteiger partial charge in [0.1, 0.15) is 0 Å². The zero-order valence-corrected chi connectivity index (χ0v) is 16.4. The van der Waals surface area contributed by atoms with Crippen molar-refractivity contribution in [1.29, 1.82) is 0 Å². The van der Waals surface area contributed by atoms with E-state index in [1.165, 1.54) is 17.5 Å². The number of hydrogen-bond donors (Lipinski definition) is 2. The summed E-state index contributed by atoms with van der Waals surface area (Å²) in [6.07, 6.45) is 8.54. The minimum absolute atomic E-state index is 0.0359. The number of phenolic OH excluding ortho intramolecular Hbond substituents is 2. The average molecular weight is 374 g/mol. The Morgan fingerprint density at radius 2 is 1.74 bits per heavy atom. The summed E-state index contributed by atoms with van der Waals surface area (Å²) < 4.78 is 0. The van der Waals surface area contributed by atoms with Gasteiger partial charge in [-0.05, 0) is 75.1 Å². The number of aryl methyl sites for hydroxylation is 1. The van der Waals surface area contributed by atoms with Crippen molar-refractivity contribution in [2.24, 2.45) is 0 Å². The molecule has 1 fully saturated rings. The van der Waals surface area contributed by atoms with E-state index in [-0.39, 0.29) is 17.4 Å². The number of amides is 1. The highest BCUT2D eigenvalue weighted by molar-refractivity contribution is 5.76. The standard InChI is InChI=1S/C22H33N2O3/c1-2-7-21(26)24-14-12-23(13-15-24)11-6-5-8-17-16-20(25)22(27)19-10-4-3-9-18(17)19/h16,25,27H,1-15H2. The van der Waals surface area contributed by atoms with E-state index in [1.807, 2.05) is 4.90 Å². The van der Waals surface area contributed by atoms with Crippen LogP contribution in [0.4, 0.5) is 0 Å². The molecule has 0 spiro atoms.